The first-order valence-electron chi connectivity index (χ1n) is 4.37. The summed E-state index contributed by atoms with van der Waals surface area (Å²) >= 11 is 11.2. The summed E-state index contributed by atoms with van der Waals surface area (Å²) in [5.41, 5.74) is 0. The van der Waals surface area contributed by atoms with Gasteiger partial charge in [0.1, 0.15) is 0 Å². The van der Waals surface area contributed by atoms with Crippen molar-refractivity contribution in [2.75, 3.05) is 14.1 Å². The second-order valence-electron chi connectivity index (χ2n) is 3.11. The van der Waals surface area contributed by atoms with Gasteiger partial charge in [-0.3, -0.25) is 9.80 Å². The maximum atomic E-state index is 5.62. The van der Waals surface area contributed by atoms with Crippen molar-refractivity contribution in [3.05, 3.63) is 47.0 Å². The third-order valence-electron chi connectivity index (χ3n) is 1.93. The average Bonchev–Trinajstić information content (AvgIpc) is 2.67. The molecular formula is C10H14Cl2I2N2. The summed E-state index contributed by atoms with van der Waals surface area (Å²) in [6.07, 6.45) is 11.6. The molecule has 6 heteroatoms. The minimum Gasteiger partial charge on any atom is -1.00 e. The number of allylic oxidation sites excluding steroid dienone is 4. The van der Waals surface area contributed by atoms with Gasteiger partial charge < -0.3 is 48.0 Å². The van der Waals surface area contributed by atoms with Gasteiger partial charge in [0.2, 0.25) is 10.3 Å². The molecule has 0 amide bonds. The molecule has 2 aliphatic heterocycles. The molecule has 0 aromatic rings. The molecule has 2 heterocycles. The van der Waals surface area contributed by atoms with Crippen LogP contribution in [-0.2, 0) is 0 Å². The lowest BCUT2D eigenvalue weighted by Gasteiger charge is -1.96. The van der Waals surface area contributed by atoms with Crippen LogP contribution >= 0.6 is 23.2 Å². The molecule has 0 aliphatic carbocycles. The molecule has 0 fully saturated rings. The van der Waals surface area contributed by atoms with Crippen molar-refractivity contribution in [1.82, 2.24) is 0 Å². The molecular weight excluding hydrogens is 473 g/mol. The van der Waals surface area contributed by atoms with E-state index in [9.17, 15) is 0 Å². The summed E-state index contributed by atoms with van der Waals surface area (Å²) < 4.78 is 0. The standard InChI is InChI=1S/2C5H6ClN.2HI/c2*1-7-4-2-3-5(7)6;;/h2*2-4H,1H3;2*1H. The number of halogens is 4. The number of nitrogens with one attached hydrogen (secondary N) is 2. The van der Waals surface area contributed by atoms with E-state index in [2.05, 4.69) is 0 Å². The Morgan fingerprint density at radius 2 is 1.12 bits per heavy atom. The van der Waals surface area contributed by atoms with Crippen molar-refractivity contribution >= 4 is 23.2 Å². The molecule has 2 atom stereocenters. The lowest BCUT2D eigenvalue weighted by Crippen LogP contribution is -3.00. The van der Waals surface area contributed by atoms with E-state index in [-0.39, 0.29) is 48.0 Å². The molecule has 0 aromatic carbocycles. The largest absolute Gasteiger partial charge is 1.00 e. The van der Waals surface area contributed by atoms with Crippen LogP contribution in [0.1, 0.15) is 0 Å². The quantitative estimate of drug-likeness (QED) is 0.249. The minimum absolute atomic E-state index is 0. The molecule has 0 saturated heterocycles. The van der Waals surface area contributed by atoms with Gasteiger partial charge in [-0.15, -0.1) is 0 Å². The molecule has 2 rings (SSSR count). The van der Waals surface area contributed by atoms with Gasteiger partial charge in [0.15, 0.2) is 0 Å². The van der Waals surface area contributed by atoms with Crippen LogP contribution in [0.3, 0.4) is 0 Å². The Morgan fingerprint density at radius 1 is 0.812 bits per heavy atom. The fourth-order valence-corrected chi connectivity index (χ4v) is 1.25. The lowest BCUT2D eigenvalue weighted by atomic mass is 10.6. The van der Waals surface area contributed by atoms with Crippen LogP contribution in [0.15, 0.2) is 47.0 Å². The van der Waals surface area contributed by atoms with Gasteiger partial charge in [-0.2, -0.15) is 0 Å². The molecule has 0 aromatic heterocycles. The van der Waals surface area contributed by atoms with Crippen molar-refractivity contribution < 1.29 is 57.8 Å². The van der Waals surface area contributed by atoms with Gasteiger partial charge in [0.05, 0.1) is 26.5 Å². The fourth-order valence-electron chi connectivity index (χ4n) is 0.976. The Kier molecular flexibility index (Phi) is 11.9. The Hall–Kier alpha value is 0.920. The molecule has 92 valence electrons. The molecule has 0 radical (unpaired) electrons. The SMILES string of the molecule is C[NH+]1C=CC=C1Cl.C[NH+]1C=CC=C1Cl.[I-].[I-]. The normalized spacial score (nSPS) is 24.8. The molecule has 16 heavy (non-hydrogen) atoms. The second kappa shape index (κ2) is 9.90. The van der Waals surface area contributed by atoms with Gasteiger partial charge >= 0.3 is 0 Å². The van der Waals surface area contributed by atoms with E-state index < -0.39 is 0 Å². The van der Waals surface area contributed by atoms with Gasteiger partial charge in [-0.05, 0) is 35.4 Å². The summed E-state index contributed by atoms with van der Waals surface area (Å²) in [7, 11) is 3.98. The Bertz CT molecular complexity index is 293. The molecule has 2 nitrogen and oxygen atoms in total. The van der Waals surface area contributed by atoms with Crippen molar-refractivity contribution in [1.29, 1.82) is 0 Å². The maximum absolute atomic E-state index is 5.62. The summed E-state index contributed by atoms with van der Waals surface area (Å²) in [6, 6.07) is 0. The fraction of sp³-hybridized carbons (Fsp3) is 0.200. The van der Waals surface area contributed by atoms with Gasteiger partial charge in [0.25, 0.3) is 0 Å². The summed E-state index contributed by atoms with van der Waals surface area (Å²) in [5.74, 6) is 0. The van der Waals surface area contributed by atoms with Crippen LogP contribution < -0.4 is 57.8 Å². The van der Waals surface area contributed by atoms with Gasteiger partial charge in [-0.25, -0.2) is 0 Å². The van der Waals surface area contributed by atoms with Crippen molar-refractivity contribution in [2.24, 2.45) is 0 Å². The van der Waals surface area contributed by atoms with E-state index in [1.807, 2.05) is 50.8 Å². The zero-order valence-electron chi connectivity index (χ0n) is 8.98. The first kappa shape index (κ1) is 19.3. The highest BCUT2D eigenvalue weighted by molar-refractivity contribution is 6.28. The Labute approximate surface area is 141 Å². The number of hydrogen-bond donors (Lipinski definition) is 2. The van der Waals surface area contributed by atoms with Crippen molar-refractivity contribution in [2.45, 2.75) is 0 Å². The molecule has 0 bridgehead atoms. The van der Waals surface area contributed by atoms with E-state index in [0.717, 1.165) is 20.1 Å². The Morgan fingerprint density at radius 3 is 1.19 bits per heavy atom. The van der Waals surface area contributed by atoms with Crippen molar-refractivity contribution in [3.8, 4) is 0 Å². The zero-order valence-corrected chi connectivity index (χ0v) is 14.8. The van der Waals surface area contributed by atoms with Crippen LogP contribution in [-0.4, -0.2) is 14.1 Å². The topological polar surface area (TPSA) is 8.88 Å². The first-order chi connectivity index (χ1) is 6.61. The minimum atomic E-state index is 0. The average molecular weight is 487 g/mol. The zero-order chi connectivity index (χ0) is 10.6. The first-order valence-corrected chi connectivity index (χ1v) is 5.12. The highest BCUT2D eigenvalue weighted by Gasteiger charge is 2.05. The molecule has 2 unspecified atom stereocenters. The van der Waals surface area contributed by atoms with Crippen LogP contribution in [0.4, 0.5) is 0 Å². The van der Waals surface area contributed by atoms with Gasteiger partial charge in [-0.1, -0.05) is 0 Å². The predicted molar refractivity (Wildman–Crippen MR) is 59.9 cm³/mol. The smallest absolute Gasteiger partial charge is 0.204 e. The maximum Gasteiger partial charge on any atom is 0.204 e. The predicted octanol–water partition coefficient (Wildman–Crippen LogP) is -5.77. The molecule has 2 aliphatic rings. The molecule has 0 saturated carbocycles. The lowest BCUT2D eigenvalue weighted by molar-refractivity contribution is -0.770. The van der Waals surface area contributed by atoms with Crippen LogP contribution in [0.5, 0.6) is 0 Å². The van der Waals surface area contributed by atoms with Crippen LogP contribution in [0, 0.1) is 0 Å². The number of rotatable bonds is 0. The Balaban J connectivity index is 0. The van der Waals surface area contributed by atoms with E-state index in [1.54, 1.807) is 0 Å². The second-order valence-corrected chi connectivity index (χ2v) is 3.93. The van der Waals surface area contributed by atoms with Gasteiger partial charge in [0, 0.05) is 12.2 Å². The van der Waals surface area contributed by atoms with Crippen LogP contribution in [0.25, 0.3) is 0 Å². The van der Waals surface area contributed by atoms with E-state index in [4.69, 9.17) is 23.2 Å². The van der Waals surface area contributed by atoms with E-state index >= 15 is 0 Å². The number of hydrogen-bond acceptors (Lipinski definition) is 0. The third-order valence-corrected chi connectivity index (χ3v) is 2.78. The number of quaternary nitrogens is 2. The van der Waals surface area contributed by atoms with E-state index in [1.165, 1.54) is 0 Å². The molecule has 2 N–H and O–H groups in total. The van der Waals surface area contributed by atoms with Crippen LogP contribution in [0.2, 0.25) is 0 Å². The summed E-state index contributed by atoms with van der Waals surface area (Å²) in [4.78, 5) is 2.31. The third kappa shape index (κ3) is 6.61. The summed E-state index contributed by atoms with van der Waals surface area (Å²) in [6.45, 7) is 0. The van der Waals surface area contributed by atoms with Crippen molar-refractivity contribution in [3.63, 3.8) is 0 Å². The van der Waals surface area contributed by atoms with E-state index in [0.29, 0.717) is 0 Å². The monoisotopic (exact) mass is 486 g/mol. The summed E-state index contributed by atoms with van der Waals surface area (Å²) in [5, 5.41) is 1.72. The highest BCUT2D eigenvalue weighted by atomic mass is 127. The highest BCUT2D eigenvalue weighted by Crippen LogP contribution is 1.94. The molecule has 0 spiro atoms.